The van der Waals surface area contributed by atoms with E-state index in [0.29, 0.717) is 16.2 Å². The molecule has 6 rings (SSSR count). The zero-order valence-corrected chi connectivity index (χ0v) is 21.4. The minimum atomic E-state index is -1.42. The fourth-order valence-electron chi connectivity index (χ4n) is 6.97. The number of fused-ring (bicyclic) bond motifs is 4. The molecule has 2 saturated heterocycles. The average molecular weight is 559 g/mol. The molecule has 1 saturated carbocycles. The Labute approximate surface area is 226 Å². The lowest BCUT2D eigenvalue weighted by Gasteiger charge is -2.49. The van der Waals surface area contributed by atoms with E-state index in [0.717, 1.165) is 11.0 Å². The number of amides is 4. The number of imide groups is 2. The maximum absolute atomic E-state index is 14.2. The number of rotatable bonds is 2. The summed E-state index contributed by atoms with van der Waals surface area (Å²) in [6.45, 7) is 1.64. The van der Waals surface area contributed by atoms with Crippen molar-refractivity contribution < 1.29 is 33.9 Å². The van der Waals surface area contributed by atoms with E-state index in [4.69, 9.17) is 23.2 Å². The zero-order valence-electron chi connectivity index (χ0n) is 19.9. The second-order valence-electron chi connectivity index (χ2n) is 10.5. The van der Waals surface area contributed by atoms with Gasteiger partial charge in [-0.05, 0) is 62.1 Å². The van der Waals surface area contributed by atoms with Crippen molar-refractivity contribution in [3.63, 3.8) is 0 Å². The van der Waals surface area contributed by atoms with Crippen LogP contribution in [-0.2, 0) is 19.2 Å². The van der Waals surface area contributed by atoms with Crippen molar-refractivity contribution in [2.45, 2.75) is 25.7 Å². The molecule has 4 aliphatic rings. The topological polar surface area (TPSA) is 115 Å². The lowest BCUT2D eigenvalue weighted by molar-refractivity contribution is -0.173. The summed E-state index contributed by atoms with van der Waals surface area (Å²) < 4.78 is 13.9. The molecule has 2 aromatic rings. The molecule has 11 heteroatoms. The molecule has 0 aromatic heterocycles. The maximum Gasteiger partial charge on any atom is 0.257 e. The Morgan fingerprint density at radius 3 is 2.45 bits per heavy atom. The highest BCUT2D eigenvalue weighted by atomic mass is 35.5. The standard InChI is InChI=1S/C27H21Cl2FN2O6/c1-27-17(24(35)31(26(27)37)12-3-6-19(30)18(29)9-12)10-15-13(22(27)16-8-11(28)2-7-20(16)33)4-5-14-21(15)25(36)32(38)23(14)34/h2-4,6-9,14-15,17,21-22,33,38H,5,10H2,1H3/t14-,15+,17-,21-,22+,27+/m0/s1. The van der Waals surface area contributed by atoms with Crippen LogP contribution >= 0.6 is 23.2 Å². The van der Waals surface area contributed by atoms with Gasteiger partial charge in [-0.1, -0.05) is 34.9 Å². The van der Waals surface area contributed by atoms with Crippen molar-refractivity contribution >= 4 is 52.5 Å². The molecule has 3 fully saturated rings. The molecule has 0 spiro atoms. The Hall–Kier alpha value is -3.27. The third-order valence-electron chi connectivity index (χ3n) is 8.71. The second kappa shape index (κ2) is 8.36. The van der Waals surface area contributed by atoms with Crippen LogP contribution in [0.4, 0.5) is 10.1 Å². The van der Waals surface area contributed by atoms with E-state index in [1.807, 2.05) is 0 Å². The smallest absolute Gasteiger partial charge is 0.257 e. The van der Waals surface area contributed by atoms with Crippen LogP contribution in [0.2, 0.25) is 10.0 Å². The highest BCUT2D eigenvalue weighted by molar-refractivity contribution is 6.32. The van der Waals surface area contributed by atoms with Crippen LogP contribution in [0.1, 0.15) is 31.2 Å². The van der Waals surface area contributed by atoms with E-state index in [2.05, 4.69) is 0 Å². The van der Waals surface area contributed by atoms with Gasteiger partial charge in [0, 0.05) is 16.5 Å². The molecule has 2 heterocycles. The van der Waals surface area contributed by atoms with E-state index in [-0.39, 0.29) is 34.4 Å². The van der Waals surface area contributed by atoms with Crippen LogP contribution < -0.4 is 4.90 Å². The van der Waals surface area contributed by atoms with Gasteiger partial charge >= 0.3 is 0 Å². The minimum absolute atomic E-state index is 0.0597. The monoisotopic (exact) mass is 558 g/mol. The SMILES string of the molecule is C[C@@]12C(=O)N(c3ccc(F)c(Cl)c3)C(=O)[C@@H]1C[C@@H]1C(=CC[C@@H]3C(=O)N(O)C(=O)[C@@H]31)[C@@H]2c1cc(Cl)ccc1O. The second-order valence-corrected chi connectivity index (χ2v) is 11.3. The summed E-state index contributed by atoms with van der Waals surface area (Å²) in [6.07, 6.45) is 1.98. The molecule has 4 amide bonds. The van der Waals surface area contributed by atoms with Crippen LogP contribution in [-0.4, -0.2) is 39.0 Å². The molecule has 0 radical (unpaired) electrons. The number of carbonyl (C=O) groups is 4. The highest BCUT2D eigenvalue weighted by Crippen LogP contribution is 2.64. The fourth-order valence-corrected chi connectivity index (χ4v) is 7.32. The lowest BCUT2D eigenvalue weighted by atomic mass is 9.51. The quantitative estimate of drug-likeness (QED) is 0.319. The van der Waals surface area contributed by atoms with Gasteiger partial charge in [0.1, 0.15) is 11.6 Å². The predicted molar refractivity (Wildman–Crippen MR) is 133 cm³/mol. The van der Waals surface area contributed by atoms with Gasteiger partial charge in [-0.2, -0.15) is 5.06 Å². The van der Waals surface area contributed by atoms with E-state index < -0.39 is 64.5 Å². The summed E-state index contributed by atoms with van der Waals surface area (Å²) >= 11 is 12.3. The largest absolute Gasteiger partial charge is 0.508 e. The molecule has 2 aliphatic heterocycles. The van der Waals surface area contributed by atoms with E-state index in [9.17, 15) is 33.9 Å². The van der Waals surface area contributed by atoms with E-state index in [1.165, 1.54) is 30.3 Å². The number of nitrogens with zero attached hydrogens (tertiary/aromatic N) is 2. The van der Waals surface area contributed by atoms with Gasteiger partial charge in [0.2, 0.25) is 11.8 Å². The number of hydrogen-bond acceptors (Lipinski definition) is 6. The Bertz CT molecular complexity index is 1490. The van der Waals surface area contributed by atoms with E-state index >= 15 is 0 Å². The molecule has 8 nitrogen and oxygen atoms in total. The molecular formula is C27H21Cl2FN2O6. The van der Waals surface area contributed by atoms with Gasteiger partial charge in [0.15, 0.2) is 0 Å². The number of halogens is 3. The summed E-state index contributed by atoms with van der Waals surface area (Å²) in [5.74, 6) is -7.66. The molecule has 2 N–H and O–H groups in total. The number of allylic oxidation sites excluding steroid dienone is 2. The first kappa shape index (κ1) is 25.0. The van der Waals surface area contributed by atoms with E-state index in [1.54, 1.807) is 13.0 Å². The molecule has 196 valence electrons. The Morgan fingerprint density at radius 2 is 1.74 bits per heavy atom. The molecule has 2 aromatic carbocycles. The van der Waals surface area contributed by atoms with Gasteiger partial charge in [-0.15, -0.1) is 0 Å². The first-order chi connectivity index (χ1) is 18.0. The summed E-state index contributed by atoms with van der Waals surface area (Å²) in [7, 11) is 0. The van der Waals surface area contributed by atoms with Gasteiger partial charge < -0.3 is 5.11 Å². The molecular weight excluding hydrogens is 538 g/mol. The molecule has 0 bridgehead atoms. The number of phenolic OH excluding ortho intramolecular Hbond substituents is 1. The van der Waals surface area contributed by atoms with Gasteiger partial charge in [-0.3, -0.25) is 24.4 Å². The summed E-state index contributed by atoms with van der Waals surface area (Å²) in [4.78, 5) is 54.6. The van der Waals surface area contributed by atoms with Crippen LogP contribution in [0.3, 0.4) is 0 Å². The number of anilines is 1. The Balaban J connectivity index is 1.56. The predicted octanol–water partition coefficient (Wildman–Crippen LogP) is 4.46. The Morgan fingerprint density at radius 1 is 1.00 bits per heavy atom. The van der Waals surface area contributed by atoms with Crippen LogP contribution in [0, 0.1) is 34.9 Å². The number of aromatic hydroxyl groups is 1. The first-order valence-corrected chi connectivity index (χ1v) is 12.8. The van der Waals surface area contributed by atoms with Crippen LogP contribution in [0.25, 0.3) is 0 Å². The summed E-state index contributed by atoms with van der Waals surface area (Å²) in [6, 6.07) is 7.95. The van der Waals surface area contributed by atoms with Crippen molar-refractivity contribution in [1.29, 1.82) is 0 Å². The number of carbonyl (C=O) groups excluding carboxylic acids is 4. The van der Waals surface area contributed by atoms with Crippen molar-refractivity contribution in [3.8, 4) is 5.75 Å². The van der Waals surface area contributed by atoms with Crippen LogP contribution in [0.15, 0.2) is 48.0 Å². The third kappa shape index (κ3) is 3.18. The highest BCUT2D eigenvalue weighted by Gasteiger charge is 2.68. The normalized spacial score (nSPS) is 32.3. The molecule has 38 heavy (non-hydrogen) atoms. The maximum atomic E-state index is 14.2. The lowest BCUT2D eigenvalue weighted by Crippen LogP contribution is -2.48. The average Bonchev–Trinajstić information content (AvgIpc) is 3.22. The molecule has 6 atom stereocenters. The summed E-state index contributed by atoms with van der Waals surface area (Å²) in [5, 5.41) is 21.2. The van der Waals surface area contributed by atoms with Crippen LogP contribution in [0.5, 0.6) is 5.75 Å². The van der Waals surface area contributed by atoms with Crippen molar-refractivity contribution in [2.24, 2.45) is 29.1 Å². The van der Waals surface area contributed by atoms with Gasteiger partial charge in [0.25, 0.3) is 11.8 Å². The number of benzene rings is 2. The van der Waals surface area contributed by atoms with Gasteiger partial charge in [-0.25, -0.2) is 9.29 Å². The number of hydroxylamine groups is 2. The zero-order chi connectivity index (χ0) is 27.3. The van der Waals surface area contributed by atoms with Crippen molar-refractivity contribution in [2.75, 3.05) is 4.90 Å². The van der Waals surface area contributed by atoms with Crippen molar-refractivity contribution in [1.82, 2.24) is 5.06 Å². The minimum Gasteiger partial charge on any atom is -0.508 e. The fraction of sp³-hybridized carbons (Fsp3) is 0.333. The number of phenols is 1. The third-order valence-corrected chi connectivity index (χ3v) is 9.24. The molecule has 2 aliphatic carbocycles. The first-order valence-electron chi connectivity index (χ1n) is 12.0. The number of hydrogen-bond donors (Lipinski definition) is 2. The Kier molecular flexibility index (Phi) is 5.51. The van der Waals surface area contributed by atoms with Crippen molar-refractivity contribution in [3.05, 3.63) is 69.5 Å². The summed E-state index contributed by atoms with van der Waals surface area (Å²) in [5.41, 5.74) is -0.393. The molecule has 0 unspecified atom stereocenters. The van der Waals surface area contributed by atoms with Gasteiger partial charge in [0.05, 0.1) is 33.9 Å².